The summed E-state index contributed by atoms with van der Waals surface area (Å²) in [4.78, 5) is 21.1. The molecule has 0 aliphatic carbocycles. The van der Waals surface area contributed by atoms with Gasteiger partial charge in [0.25, 0.3) is 0 Å². The van der Waals surface area contributed by atoms with Gasteiger partial charge in [0.2, 0.25) is 16.2 Å². The lowest BCUT2D eigenvalue weighted by Gasteiger charge is -1.98. The number of carbonyl (C=O) groups is 1. The molecule has 1 N–H and O–H groups in total. The Bertz CT molecular complexity index is 1090. The monoisotopic (exact) mass is 399 g/mol. The standard InChI is InChI=1S/C17H17N7OS2/c1-2-3-8-14-21-22-16(27-14)19-13(25)9-26-17-20-15-11-6-4-5-7-12(11)18-10-24(15)23-17/h4-7,10H,2-3,8-9H2,1H3,(H,19,22,25). The van der Waals surface area contributed by atoms with Crippen LogP contribution in [0.2, 0.25) is 0 Å². The van der Waals surface area contributed by atoms with Gasteiger partial charge in [0, 0.05) is 11.8 Å². The molecule has 4 rings (SSSR count). The zero-order valence-electron chi connectivity index (χ0n) is 14.6. The SMILES string of the molecule is CCCCc1nnc(NC(=O)CSc2nc3c4ccccc4ncn3n2)s1. The van der Waals surface area contributed by atoms with Crippen molar-refractivity contribution in [2.75, 3.05) is 11.1 Å². The number of anilines is 1. The van der Waals surface area contributed by atoms with Crippen LogP contribution in [0.1, 0.15) is 24.8 Å². The number of hydrogen-bond donors (Lipinski definition) is 1. The first kappa shape index (κ1) is 17.8. The largest absolute Gasteiger partial charge is 0.300 e. The van der Waals surface area contributed by atoms with Gasteiger partial charge in [0.1, 0.15) is 11.3 Å². The number of unbranched alkanes of at least 4 members (excludes halogenated alkanes) is 1. The molecule has 0 aliphatic rings. The number of rotatable bonds is 7. The van der Waals surface area contributed by atoms with Crippen molar-refractivity contribution in [2.45, 2.75) is 31.3 Å². The zero-order chi connectivity index (χ0) is 18.6. The van der Waals surface area contributed by atoms with E-state index in [1.807, 2.05) is 24.3 Å². The normalized spacial score (nSPS) is 11.3. The second-order valence-corrected chi connectivity index (χ2v) is 7.87. The number of aromatic nitrogens is 6. The van der Waals surface area contributed by atoms with E-state index in [-0.39, 0.29) is 11.7 Å². The molecule has 0 fully saturated rings. The molecule has 3 aromatic heterocycles. The van der Waals surface area contributed by atoms with E-state index in [9.17, 15) is 4.79 Å². The van der Waals surface area contributed by atoms with Crippen LogP contribution < -0.4 is 5.32 Å². The Labute approximate surface area is 163 Å². The lowest BCUT2D eigenvalue weighted by Crippen LogP contribution is -2.13. The molecule has 138 valence electrons. The van der Waals surface area contributed by atoms with Crippen molar-refractivity contribution in [1.82, 2.24) is 29.8 Å². The minimum absolute atomic E-state index is 0.153. The molecule has 10 heteroatoms. The van der Waals surface area contributed by atoms with E-state index in [4.69, 9.17) is 0 Å². The predicted octanol–water partition coefficient (Wildman–Crippen LogP) is 3.20. The molecular formula is C17H17N7OS2. The number of fused-ring (bicyclic) bond motifs is 3. The summed E-state index contributed by atoms with van der Waals surface area (Å²) in [6, 6.07) is 7.76. The average Bonchev–Trinajstić information content (AvgIpc) is 3.31. The molecule has 0 unspecified atom stereocenters. The summed E-state index contributed by atoms with van der Waals surface area (Å²) in [6.45, 7) is 2.13. The van der Waals surface area contributed by atoms with Crippen LogP contribution in [-0.4, -0.2) is 41.4 Å². The summed E-state index contributed by atoms with van der Waals surface area (Å²) in [5.41, 5.74) is 1.59. The number of benzene rings is 1. The molecule has 27 heavy (non-hydrogen) atoms. The van der Waals surface area contributed by atoms with Gasteiger partial charge in [-0.15, -0.1) is 15.3 Å². The van der Waals surface area contributed by atoms with E-state index in [2.05, 4.69) is 37.5 Å². The second-order valence-electron chi connectivity index (χ2n) is 5.87. The summed E-state index contributed by atoms with van der Waals surface area (Å²) in [5.74, 6) is 0.0478. The smallest absolute Gasteiger partial charge is 0.236 e. The van der Waals surface area contributed by atoms with Crippen LogP contribution in [0.4, 0.5) is 5.13 Å². The predicted molar refractivity (Wildman–Crippen MR) is 106 cm³/mol. The molecule has 0 bridgehead atoms. The van der Waals surface area contributed by atoms with Gasteiger partial charge in [-0.05, 0) is 18.6 Å². The number of para-hydroxylation sites is 1. The van der Waals surface area contributed by atoms with Crippen molar-refractivity contribution in [3.8, 4) is 0 Å². The molecule has 8 nitrogen and oxygen atoms in total. The number of nitrogens with zero attached hydrogens (tertiary/aromatic N) is 6. The molecule has 1 amide bonds. The van der Waals surface area contributed by atoms with E-state index >= 15 is 0 Å². The number of aryl methyl sites for hydroxylation is 1. The third-order valence-electron chi connectivity index (χ3n) is 3.85. The highest BCUT2D eigenvalue weighted by Crippen LogP contribution is 2.21. The number of hydrogen-bond acceptors (Lipinski definition) is 8. The average molecular weight is 400 g/mol. The molecule has 0 aliphatic heterocycles. The molecule has 0 spiro atoms. The first-order valence-corrected chi connectivity index (χ1v) is 10.4. The van der Waals surface area contributed by atoms with Crippen molar-refractivity contribution < 1.29 is 4.79 Å². The van der Waals surface area contributed by atoms with Crippen LogP contribution in [0.15, 0.2) is 35.7 Å². The van der Waals surface area contributed by atoms with Gasteiger partial charge in [-0.3, -0.25) is 10.1 Å². The zero-order valence-corrected chi connectivity index (χ0v) is 16.3. The summed E-state index contributed by atoms with van der Waals surface area (Å²) in [6.07, 6.45) is 4.70. The summed E-state index contributed by atoms with van der Waals surface area (Å²) < 4.78 is 1.63. The van der Waals surface area contributed by atoms with Crippen molar-refractivity contribution in [1.29, 1.82) is 0 Å². The Balaban J connectivity index is 1.40. The Morgan fingerprint density at radius 3 is 3.07 bits per heavy atom. The molecule has 3 heterocycles. The highest BCUT2D eigenvalue weighted by Gasteiger charge is 2.12. The highest BCUT2D eigenvalue weighted by molar-refractivity contribution is 7.99. The fraction of sp³-hybridized carbons (Fsp3) is 0.294. The minimum Gasteiger partial charge on any atom is -0.300 e. The van der Waals surface area contributed by atoms with E-state index in [0.29, 0.717) is 10.3 Å². The van der Waals surface area contributed by atoms with Crippen molar-refractivity contribution in [3.05, 3.63) is 35.6 Å². The lowest BCUT2D eigenvalue weighted by atomic mass is 10.2. The van der Waals surface area contributed by atoms with Gasteiger partial charge in [-0.1, -0.05) is 48.6 Å². The van der Waals surface area contributed by atoms with Crippen molar-refractivity contribution in [3.63, 3.8) is 0 Å². The number of amides is 1. The van der Waals surface area contributed by atoms with Crippen LogP contribution in [0.25, 0.3) is 16.6 Å². The summed E-state index contributed by atoms with van der Waals surface area (Å²) in [5, 5.41) is 18.2. The molecule has 0 saturated heterocycles. The fourth-order valence-corrected chi connectivity index (χ4v) is 3.97. The maximum absolute atomic E-state index is 12.2. The van der Waals surface area contributed by atoms with Crippen LogP contribution >= 0.6 is 23.1 Å². The lowest BCUT2D eigenvalue weighted by molar-refractivity contribution is -0.113. The van der Waals surface area contributed by atoms with Crippen LogP contribution in [0.5, 0.6) is 0 Å². The third-order valence-corrected chi connectivity index (χ3v) is 5.59. The van der Waals surface area contributed by atoms with Gasteiger partial charge in [-0.25, -0.2) is 14.5 Å². The topological polar surface area (TPSA) is 98.0 Å². The third kappa shape index (κ3) is 4.06. The van der Waals surface area contributed by atoms with Gasteiger partial charge < -0.3 is 0 Å². The first-order chi connectivity index (χ1) is 13.2. The van der Waals surface area contributed by atoms with E-state index in [1.165, 1.54) is 23.1 Å². The Hall–Kier alpha value is -2.59. The molecule has 4 aromatic rings. The van der Waals surface area contributed by atoms with Crippen LogP contribution in [-0.2, 0) is 11.2 Å². The Kier molecular flexibility index (Phi) is 5.26. The Morgan fingerprint density at radius 2 is 2.19 bits per heavy atom. The van der Waals surface area contributed by atoms with Crippen LogP contribution in [0, 0.1) is 0 Å². The first-order valence-electron chi connectivity index (χ1n) is 8.58. The van der Waals surface area contributed by atoms with Gasteiger partial charge in [0.15, 0.2) is 5.65 Å². The molecule has 0 saturated carbocycles. The fourth-order valence-electron chi connectivity index (χ4n) is 2.54. The van der Waals surface area contributed by atoms with Crippen LogP contribution in [0.3, 0.4) is 0 Å². The molecule has 0 atom stereocenters. The quantitative estimate of drug-likeness (QED) is 0.477. The summed E-state index contributed by atoms with van der Waals surface area (Å²) >= 11 is 2.70. The van der Waals surface area contributed by atoms with E-state index in [0.717, 1.165) is 40.8 Å². The molecule has 1 aromatic carbocycles. The number of carbonyl (C=O) groups excluding carboxylic acids is 1. The van der Waals surface area contributed by atoms with Gasteiger partial charge >= 0.3 is 0 Å². The second kappa shape index (κ2) is 7.97. The van der Waals surface area contributed by atoms with E-state index in [1.54, 1.807) is 10.8 Å². The maximum Gasteiger partial charge on any atom is 0.236 e. The van der Waals surface area contributed by atoms with Gasteiger partial charge in [-0.2, -0.15) is 0 Å². The van der Waals surface area contributed by atoms with Crippen molar-refractivity contribution >= 4 is 50.7 Å². The summed E-state index contributed by atoms with van der Waals surface area (Å²) in [7, 11) is 0. The number of thioether (sulfide) groups is 1. The molecular weight excluding hydrogens is 382 g/mol. The molecule has 0 radical (unpaired) electrons. The van der Waals surface area contributed by atoms with Gasteiger partial charge in [0.05, 0.1) is 11.3 Å². The highest BCUT2D eigenvalue weighted by atomic mass is 32.2. The number of nitrogens with one attached hydrogen (secondary N) is 1. The van der Waals surface area contributed by atoms with E-state index < -0.39 is 0 Å². The van der Waals surface area contributed by atoms with Crippen molar-refractivity contribution in [2.24, 2.45) is 0 Å². The minimum atomic E-state index is -0.153. The maximum atomic E-state index is 12.2. The Morgan fingerprint density at radius 1 is 1.30 bits per heavy atom.